The number of ether oxygens (including phenoxy) is 2. The number of rotatable bonds is 8. The predicted octanol–water partition coefficient (Wildman–Crippen LogP) is 7.53. The fourth-order valence-corrected chi connectivity index (χ4v) is 8.67. The van der Waals surface area contributed by atoms with E-state index in [9.17, 15) is 0 Å². The van der Waals surface area contributed by atoms with Gasteiger partial charge in [0.05, 0.1) is 0 Å². The average molecular weight is 593 g/mol. The molecule has 0 spiro atoms. The van der Waals surface area contributed by atoms with E-state index in [0.717, 1.165) is 52.7 Å². The number of aromatic nitrogens is 2. The fourth-order valence-electron chi connectivity index (χ4n) is 4.91. The van der Waals surface area contributed by atoms with Gasteiger partial charge in [0.15, 0.2) is 0 Å². The molecule has 2 heterocycles. The van der Waals surface area contributed by atoms with E-state index in [1.165, 1.54) is 6.42 Å². The van der Waals surface area contributed by atoms with Crippen LogP contribution in [-0.4, -0.2) is 39.9 Å². The molecule has 0 aliphatic carbocycles. The van der Waals surface area contributed by atoms with Crippen LogP contribution in [0.1, 0.15) is 42.2 Å². The molecule has 0 amide bonds. The quantitative estimate of drug-likeness (QED) is 0.157. The molecule has 6 heteroatoms. The van der Waals surface area contributed by atoms with E-state index in [2.05, 4.69) is 29.9 Å². The van der Waals surface area contributed by atoms with Gasteiger partial charge in [-0.2, -0.15) is 0 Å². The van der Waals surface area contributed by atoms with E-state index in [-0.39, 0.29) is 11.9 Å². The molecule has 4 aromatic rings. The van der Waals surface area contributed by atoms with E-state index in [0.29, 0.717) is 25.2 Å². The van der Waals surface area contributed by atoms with Crippen molar-refractivity contribution in [1.29, 1.82) is 0 Å². The van der Waals surface area contributed by atoms with Crippen LogP contribution in [0.4, 0.5) is 4.39 Å². The topological polar surface area (TPSA) is 36.3 Å². The van der Waals surface area contributed by atoms with Crippen LogP contribution >= 0.6 is 0 Å². The molecule has 1 fully saturated rings. The van der Waals surface area contributed by atoms with Crippen LogP contribution in [0, 0.1) is 5.82 Å². The molecule has 1 aliphatic heterocycles. The zero-order valence-corrected chi connectivity index (χ0v) is 24.3. The van der Waals surface area contributed by atoms with Gasteiger partial charge in [-0.1, -0.05) is 30.3 Å². The third-order valence-electron chi connectivity index (χ3n) is 6.82. The Morgan fingerprint density at radius 3 is 2.56 bits per heavy atom. The number of hydrogen-bond acceptors (Lipinski definition) is 3. The molecule has 0 N–H and O–H groups in total. The van der Waals surface area contributed by atoms with Gasteiger partial charge in [0.25, 0.3) is 0 Å². The zero-order valence-electron chi connectivity index (χ0n) is 21.5. The Labute approximate surface area is 217 Å². The predicted molar refractivity (Wildman–Crippen MR) is 146 cm³/mol. The summed E-state index contributed by atoms with van der Waals surface area (Å²) in [7, 11) is 0. The summed E-state index contributed by atoms with van der Waals surface area (Å²) in [6.07, 6.45) is 4.04. The molecule has 5 rings (SSSR count). The van der Waals surface area contributed by atoms with Gasteiger partial charge in [-0.25, -0.2) is 0 Å². The molecule has 1 aromatic heterocycles. The van der Waals surface area contributed by atoms with Crippen molar-refractivity contribution >= 4 is 29.6 Å². The molecular formula is C30H35FN2O2Sn. The van der Waals surface area contributed by atoms with Crippen LogP contribution in [0.25, 0.3) is 22.0 Å². The second-order valence-electron chi connectivity index (χ2n) is 10.7. The van der Waals surface area contributed by atoms with Crippen molar-refractivity contribution in [3.05, 3.63) is 89.4 Å². The molecule has 1 aliphatic rings. The van der Waals surface area contributed by atoms with Gasteiger partial charge in [0, 0.05) is 0 Å². The van der Waals surface area contributed by atoms with E-state index in [1.807, 2.05) is 48.5 Å². The summed E-state index contributed by atoms with van der Waals surface area (Å²) >= 11 is -2.60. The summed E-state index contributed by atoms with van der Waals surface area (Å²) in [5.74, 6) is -0.198. The van der Waals surface area contributed by atoms with E-state index in [1.54, 1.807) is 6.07 Å². The third-order valence-corrected chi connectivity index (χ3v) is 11.4. The molecule has 1 saturated heterocycles. The second kappa shape index (κ2) is 11.0. The summed E-state index contributed by atoms with van der Waals surface area (Å²) in [5.41, 5.74) is 5.76. The van der Waals surface area contributed by atoms with Crippen molar-refractivity contribution in [2.75, 3.05) is 13.2 Å². The maximum absolute atomic E-state index is 15.3. The molecule has 36 heavy (non-hydrogen) atoms. The Kier molecular flexibility index (Phi) is 7.79. The SMILES string of the molecule is [CH3][Sn]([CH3])([CH3])[n]1nc(C2CCCCO2)c2ccc(-c3ccc(CCOCc4ccccc4)cc3F)cc21. The number of fused-ring (bicyclic) bond motifs is 1. The van der Waals surface area contributed by atoms with Crippen molar-refractivity contribution in [3.8, 4) is 11.1 Å². The average Bonchev–Trinajstić information content (AvgIpc) is 3.27. The van der Waals surface area contributed by atoms with Gasteiger partial charge in [0.1, 0.15) is 0 Å². The van der Waals surface area contributed by atoms with Gasteiger partial charge in [-0.3, -0.25) is 0 Å². The zero-order chi connectivity index (χ0) is 25.1. The summed E-state index contributed by atoms with van der Waals surface area (Å²) in [6.45, 7) is 1.93. The first-order valence-electron chi connectivity index (χ1n) is 13.0. The number of nitrogens with zero attached hydrogens (tertiary/aromatic N) is 2. The van der Waals surface area contributed by atoms with Crippen LogP contribution < -0.4 is 0 Å². The number of benzene rings is 3. The van der Waals surface area contributed by atoms with Crippen molar-refractivity contribution in [3.63, 3.8) is 0 Å². The maximum atomic E-state index is 15.3. The summed E-state index contributed by atoms with van der Waals surface area (Å²) < 4.78 is 29.4. The summed E-state index contributed by atoms with van der Waals surface area (Å²) in [5, 5.41) is 6.24. The van der Waals surface area contributed by atoms with Gasteiger partial charge in [0.2, 0.25) is 0 Å². The summed E-state index contributed by atoms with van der Waals surface area (Å²) in [4.78, 5) is 7.07. The number of halogens is 1. The molecule has 188 valence electrons. The molecule has 0 saturated carbocycles. The van der Waals surface area contributed by atoms with Gasteiger partial charge in [-0.15, -0.1) is 0 Å². The van der Waals surface area contributed by atoms with Crippen molar-refractivity contribution in [2.24, 2.45) is 0 Å². The minimum absolute atomic E-state index is 0.0575. The Bertz CT molecular complexity index is 1320. The molecule has 1 unspecified atom stereocenters. The van der Waals surface area contributed by atoms with Crippen LogP contribution in [0.3, 0.4) is 0 Å². The summed E-state index contributed by atoms with van der Waals surface area (Å²) in [6, 6.07) is 21.9. The van der Waals surface area contributed by atoms with E-state index in [4.69, 9.17) is 14.6 Å². The molecule has 0 bridgehead atoms. The van der Waals surface area contributed by atoms with E-state index < -0.39 is 18.7 Å². The third kappa shape index (κ3) is 5.68. The van der Waals surface area contributed by atoms with Crippen LogP contribution in [0.5, 0.6) is 0 Å². The molecule has 3 aromatic carbocycles. The first-order valence-corrected chi connectivity index (χ1v) is 22.8. The van der Waals surface area contributed by atoms with E-state index >= 15 is 4.39 Å². The van der Waals surface area contributed by atoms with Crippen molar-refractivity contribution in [1.82, 2.24) is 8.00 Å². The Balaban J connectivity index is 1.37. The first-order chi connectivity index (χ1) is 17.4. The second-order valence-corrected chi connectivity index (χ2v) is 24.3. The van der Waals surface area contributed by atoms with Gasteiger partial charge in [-0.05, 0) is 5.56 Å². The Hall–Kier alpha value is -2.22. The van der Waals surface area contributed by atoms with Crippen LogP contribution in [-0.2, 0) is 22.5 Å². The van der Waals surface area contributed by atoms with Crippen LogP contribution in [0.2, 0.25) is 14.8 Å². The standard InChI is InChI=1S/C27H26FN2O2.3CH3.Sn/c28-24-16-19(13-15-31-18-20-6-2-1-3-7-20)9-11-22(24)21-10-12-23-25(17-21)29-30-27(23)26-8-4-5-14-32-26;;;;/h1-3,6-7,9-12,16-17,26H,4-5,8,13-15,18H2;3*1H3;/q-1;;;;+1. The molecule has 1 atom stereocenters. The van der Waals surface area contributed by atoms with Crippen LogP contribution in [0.15, 0.2) is 66.7 Å². The normalized spacial score (nSPS) is 16.5. The van der Waals surface area contributed by atoms with Crippen molar-refractivity contribution in [2.45, 2.75) is 53.2 Å². The van der Waals surface area contributed by atoms with Gasteiger partial charge < -0.3 is 0 Å². The molecule has 0 radical (unpaired) electrons. The fraction of sp³-hybridized carbons (Fsp3) is 0.367. The molecular weight excluding hydrogens is 558 g/mol. The van der Waals surface area contributed by atoms with Gasteiger partial charge >= 0.3 is 182 Å². The first kappa shape index (κ1) is 25.4. The Morgan fingerprint density at radius 2 is 1.83 bits per heavy atom. The minimum atomic E-state index is -2.60. The Morgan fingerprint density at radius 1 is 1.00 bits per heavy atom. The number of hydrogen-bond donors (Lipinski definition) is 0. The monoisotopic (exact) mass is 594 g/mol. The molecule has 4 nitrogen and oxygen atoms in total. The van der Waals surface area contributed by atoms with Crippen molar-refractivity contribution < 1.29 is 13.9 Å².